The number of allylic oxidation sites excluding steroid dienone is 8. The molecular weight excluding hydrogens is 705 g/mol. The van der Waals surface area contributed by atoms with E-state index >= 15 is 0 Å². The van der Waals surface area contributed by atoms with Crippen LogP contribution in [0, 0.1) is 5.41 Å². The summed E-state index contributed by atoms with van der Waals surface area (Å²) in [6, 6.07) is -1.07. The molecule has 0 aromatic heterocycles. The first-order valence-electron chi connectivity index (χ1n) is 22.6. The van der Waals surface area contributed by atoms with E-state index < -0.39 is 47.9 Å². The number of hydrogen-bond acceptors (Lipinski definition) is 6. The minimum Gasteiger partial charge on any atom is -0.481 e. The van der Waals surface area contributed by atoms with E-state index in [1.165, 1.54) is 38.5 Å². The number of aliphatic carboxylic acids is 2. The Morgan fingerprint density at radius 3 is 1.34 bits per heavy atom. The summed E-state index contributed by atoms with van der Waals surface area (Å²) >= 11 is 0. The van der Waals surface area contributed by atoms with E-state index in [0.29, 0.717) is 25.7 Å². The molecule has 1 fully saturated rings. The van der Waals surface area contributed by atoms with Gasteiger partial charge in [-0.3, -0.25) is 19.3 Å². The number of carbonyl (C=O) groups is 3. The monoisotopic (exact) mass is 787 g/mol. The number of carbonyl (C=O) groups excluding carboxylic acids is 1. The van der Waals surface area contributed by atoms with Crippen molar-refractivity contribution in [2.45, 2.75) is 205 Å². The molecule has 56 heavy (non-hydrogen) atoms. The molecular formula is C47H82N2O7. The molecule has 0 aromatic rings. The van der Waals surface area contributed by atoms with Crippen molar-refractivity contribution in [2.75, 3.05) is 19.6 Å². The zero-order valence-corrected chi connectivity index (χ0v) is 35.5. The molecule has 1 amide bonds. The lowest BCUT2D eigenvalue weighted by Crippen LogP contribution is -2.54. The first kappa shape index (κ1) is 51.3. The lowest BCUT2D eigenvalue weighted by atomic mass is 9.70. The van der Waals surface area contributed by atoms with E-state index in [0.717, 1.165) is 103 Å². The van der Waals surface area contributed by atoms with Gasteiger partial charge in [0.1, 0.15) is 0 Å². The summed E-state index contributed by atoms with van der Waals surface area (Å²) in [7, 11) is 0. The molecule has 3 atom stereocenters. The molecule has 322 valence electrons. The Labute approximate surface area is 341 Å². The number of rotatable bonds is 37. The zero-order chi connectivity index (χ0) is 41.1. The Morgan fingerprint density at radius 2 is 0.964 bits per heavy atom. The van der Waals surface area contributed by atoms with E-state index in [2.05, 4.69) is 67.8 Å². The highest BCUT2D eigenvalue weighted by atomic mass is 16.4. The summed E-state index contributed by atoms with van der Waals surface area (Å²) in [5.41, 5.74) is -1.40. The number of likely N-dealkylation sites (tertiary alicyclic amines) is 1. The summed E-state index contributed by atoms with van der Waals surface area (Å²) in [6.07, 6.45) is 41.9. The fourth-order valence-corrected chi connectivity index (χ4v) is 7.67. The van der Waals surface area contributed by atoms with Crippen LogP contribution in [0.1, 0.15) is 187 Å². The molecule has 0 aliphatic carbocycles. The van der Waals surface area contributed by atoms with Gasteiger partial charge in [0.2, 0.25) is 5.91 Å². The second-order valence-corrected chi connectivity index (χ2v) is 16.2. The number of unbranched alkanes of at least 4 members (excludes halogenated alkanes) is 18. The maximum absolute atomic E-state index is 13.2. The third-order valence-corrected chi connectivity index (χ3v) is 11.2. The highest BCUT2D eigenvalue weighted by Gasteiger charge is 2.46. The van der Waals surface area contributed by atoms with Gasteiger partial charge in [0.25, 0.3) is 0 Å². The third-order valence-electron chi connectivity index (χ3n) is 11.2. The van der Waals surface area contributed by atoms with Gasteiger partial charge in [-0.05, 0) is 77.0 Å². The molecule has 1 saturated heterocycles. The van der Waals surface area contributed by atoms with Gasteiger partial charge in [-0.1, -0.05) is 152 Å². The van der Waals surface area contributed by atoms with Gasteiger partial charge in [-0.15, -0.1) is 0 Å². The first-order chi connectivity index (χ1) is 27.2. The number of carboxylic acid groups (broad SMARTS) is 2. The molecule has 0 radical (unpaired) electrons. The molecule has 1 rings (SSSR count). The second-order valence-electron chi connectivity index (χ2n) is 16.2. The Balaban J connectivity index is 2.67. The highest BCUT2D eigenvalue weighted by molar-refractivity contribution is 5.83. The van der Waals surface area contributed by atoms with Gasteiger partial charge in [0, 0.05) is 13.1 Å². The number of hydrogen-bond donors (Lipinski definition) is 5. The molecule has 9 nitrogen and oxygen atoms in total. The Morgan fingerprint density at radius 1 is 0.589 bits per heavy atom. The van der Waals surface area contributed by atoms with Gasteiger partial charge in [-0.2, -0.15) is 0 Å². The van der Waals surface area contributed by atoms with Crippen LogP contribution in [-0.2, 0) is 14.4 Å². The topological polar surface area (TPSA) is 147 Å². The van der Waals surface area contributed by atoms with E-state index in [4.69, 9.17) is 0 Å². The van der Waals surface area contributed by atoms with E-state index in [9.17, 15) is 34.8 Å². The average Bonchev–Trinajstić information content (AvgIpc) is 3.47. The van der Waals surface area contributed by atoms with Gasteiger partial charge >= 0.3 is 11.9 Å². The second kappa shape index (κ2) is 34.3. The van der Waals surface area contributed by atoms with Crippen LogP contribution in [0.5, 0.6) is 0 Å². The van der Waals surface area contributed by atoms with Gasteiger partial charge in [0.15, 0.2) is 0 Å². The molecule has 1 heterocycles. The van der Waals surface area contributed by atoms with Crippen LogP contribution in [0.2, 0.25) is 0 Å². The molecule has 0 bridgehead atoms. The van der Waals surface area contributed by atoms with E-state index in [1.54, 1.807) is 4.90 Å². The maximum atomic E-state index is 13.2. The number of nitrogens with zero attached hydrogens (tertiary/aromatic N) is 1. The summed E-state index contributed by atoms with van der Waals surface area (Å²) in [4.78, 5) is 40.1. The maximum Gasteiger partial charge on any atom is 0.311 e. The first-order valence-corrected chi connectivity index (χ1v) is 22.6. The molecule has 0 aromatic carbocycles. The lowest BCUT2D eigenvalue weighted by molar-refractivity contribution is -0.154. The molecule has 9 heteroatoms. The summed E-state index contributed by atoms with van der Waals surface area (Å²) in [5, 5.41) is 43.3. The number of nitrogens with one attached hydrogen (secondary N) is 1. The average molecular weight is 787 g/mol. The van der Waals surface area contributed by atoms with E-state index in [1.807, 2.05) is 0 Å². The van der Waals surface area contributed by atoms with Crippen LogP contribution in [0.15, 0.2) is 48.6 Å². The highest BCUT2D eigenvalue weighted by Crippen LogP contribution is 2.38. The van der Waals surface area contributed by atoms with Crippen molar-refractivity contribution >= 4 is 17.8 Å². The number of aliphatic hydroxyl groups excluding tert-OH is 2. The predicted octanol–water partition coefficient (Wildman–Crippen LogP) is 10.5. The minimum atomic E-state index is -1.40. The molecule has 1 aliphatic rings. The molecule has 0 saturated carbocycles. The van der Waals surface area contributed by atoms with Gasteiger partial charge in [-0.25, -0.2) is 0 Å². The third kappa shape index (κ3) is 25.5. The molecule has 1 aliphatic heterocycles. The number of carboxylic acids is 2. The van der Waals surface area contributed by atoms with Crippen LogP contribution >= 0.6 is 0 Å². The van der Waals surface area contributed by atoms with Crippen molar-refractivity contribution in [3.05, 3.63) is 48.6 Å². The Hall–Kier alpha value is -2.75. The summed E-state index contributed by atoms with van der Waals surface area (Å²) < 4.78 is 0. The summed E-state index contributed by atoms with van der Waals surface area (Å²) in [6.45, 7) is 4.56. The van der Waals surface area contributed by atoms with Gasteiger partial charge in [0.05, 0.1) is 36.6 Å². The standard InChI is InChI=1S/C47H82N2O7/c1-3-5-7-9-11-13-15-17-19-21-23-25-27-29-31-33-35-47(46(55)56,43(37-45(53)54)48-44(52)40-49-38-41(50)42(51)39-49)36-34-32-30-28-26-24-22-20-18-16-14-12-10-8-6-4-2/h11-14,17-20,41-43,50-51H,3-10,15-16,21-40H2,1-2H3,(H,48,52)(H,53,54)(H,55,56)/b13-11-,14-12-,19-17-,20-18-/t41-,42+,43?. The number of amides is 1. The van der Waals surface area contributed by atoms with Gasteiger partial charge < -0.3 is 25.7 Å². The van der Waals surface area contributed by atoms with Crippen molar-refractivity contribution in [3.63, 3.8) is 0 Å². The number of β-amino-alcohol motifs (C(OH)–C–C–N with tert-alkyl or cyclic N) is 2. The molecule has 1 unspecified atom stereocenters. The fraction of sp³-hybridized carbons (Fsp3) is 0.766. The minimum absolute atomic E-state index is 0.127. The number of aliphatic hydroxyl groups is 2. The largest absolute Gasteiger partial charge is 0.481 e. The zero-order valence-electron chi connectivity index (χ0n) is 35.5. The smallest absolute Gasteiger partial charge is 0.311 e. The Kier molecular flexibility index (Phi) is 31.4. The molecule has 0 spiro atoms. The van der Waals surface area contributed by atoms with Crippen molar-refractivity contribution in [1.29, 1.82) is 0 Å². The van der Waals surface area contributed by atoms with Crippen LogP contribution in [0.3, 0.4) is 0 Å². The van der Waals surface area contributed by atoms with Crippen molar-refractivity contribution in [1.82, 2.24) is 10.2 Å². The predicted molar refractivity (Wildman–Crippen MR) is 231 cm³/mol. The Bertz CT molecular complexity index is 1080. The quantitative estimate of drug-likeness (QED) is 0.0309. The van der Waals surface area contributed by atoms with Crippen LogP contribution < -0.4 is 5.32 Å². The lowest BCUT2D eigenvalue weighted by Gasteiger charge is -2.38. The SMILES string of the molecule is CCCCC/C=C\C/C=C\CCCCCCCCC(CCCCCCCC/C=C\C/C=C\CCCCC)(C(=O)O)C(CC(=O)O)NC(=O)CN1C[C@@H](O)[C@@H](O)C1. The van der Waals surface area contributed by atoms with E-state index in [-0.39, 0.29) is 19.6 Å². The normalized spacial score (nSPS) is 17.3. The van der Waals surface area contributed by atoms with Crippen molar-refractivity contribution in [2.24, 2.45) is 5.41 Å². The molecule has 5 N–H and O–H groups in total. The van der Waals surface area contributed by atoms with Crippen LogP contribution in [-0.4, -0.2) is 81.1 Å². The van der Waals surface area contributed by atoms with Crippen molar-refractivity contribution < 1.29 is 34.8 Å². The summed E-state index contributed by atoms with van der Waals surface area (Å²) in [5.74, 6) is -2.69. The van der Waals surface area contributed by atoms with Crippen LogP contribution in [0.25, 0.3) is 0 Å². The fourth-order valence-electron chi connectivity index (χ4n) is 7.67. The van der Waals surface area contributed by atoms with Crippen LogP contribution in [0.4, 0.5) is 0 Å². The van der Waals surface area contributed by atoms with Crippen molar-refractivity contribution in [3.8, 4) is 0 Å².